The number of hydrogen-bond acceptors (Lipinski definition) is 0. The number of rotatable bonds is 4. The van der Waals surface area contributed by atoms with E-state index < -0.39 is 0 Å². The maximum absolute atomic E-state index is 4.23. The molecule has 0 amide bonds. The summed E-state index contributed by atoms with van der Waals surface area (Å²) in [6.45, 7) is 12.1. The third-order valence-electron chi connectivity index (χ3n) is 5.59. The Morgan fingerprint density at radius 2 is 1.14 bits per heavy atom. The minimum Gasteiger partial charge on any atom is -0.309 e. The SMILES string of the molecule is C=C/C=C(\C(=C)C=C)n1c2cc3ccccc3cc2c2cc3ccccc3cc21. The second-order valence-corrected chi connectivity index (χ2v) is 7.29. The molecule has 0 bridgehead atoms. The van der Waals surface area contributed by atoms with Gasteiger partial charge in [-0.05, 0) is 57.5 Å². The molecule has 0 aliphatic heterocycles. The van der Waals surface area contributed by atoms with Crippen LogP contribution in [0, 0.1) is 0 Å². The molecule has 4 aromatic carbocycles. The molecule has 0 unspecified atom stereocenters. The lowest BCUT2D eigenvalue weighted by molar-refractivity contribution is 1.22. The quantitative estimate of drug-likeness (QED) is 0.283. The van der Waals surface area contributed by atoms with Crippen LogP contribution in [0.25, 0.3) is 49.0 Å². The summed E-state index contributed by atoms with van der Waals surface area (Å²) in [6.07, 6.45) is 5.62. The Morgan fingerprint density at radius 1 is 0.690 bits per heavy atom. The number of benzene rings is 4. The molecule has 1 heteroatoms. The van der Waals surface area contributed by atoms with E-state index in [1.807, 2.05) is 12.2 Å². The van der Waals surface area contributed by atoms with Crippen LogP contribution >= 0.6 is 0 Å². The third-order valence-corrected chi connectivity index (χ3v) is 5.59. The summed E-state index contributed by atoms with van der Waals surface area (Å²) in [4.78, 5) is 0. The minimum atomic E-state index is 0.866. The molecule has 138 valence electrons. The minimum absolute atomic E-state index is 0.866. The summed E-state index contributed by atoms with van der Waals surface area (Å²) in [5.41, 5.74) is 4.17. The van der Waals surface area contributed by atoms with E-state index in [2.05, 4.69) is 97.1 Å². The second-order valence-electron chi connectivity index (χ2n) is 7.29. The van der Waals surface area contributed by atoms with Crippen molar-refractivity contribution in [1.29, 1.82) is 0 Å². The first-order valence-corrected chi connectivity index (χ1v) is 9.72. The Kier molecular flexibility index (Phi) is 3.96. The van der Waals surface area contributed by atoms with Gasteiger partial charge in [0.2, 0.25) is 0 Å². The van der Waals surface area contributed by atoms with Crippen LogP contribution < -0.4 is 0 Å². The van der Waals surface area contributed by atoms with E-state index in [4.69, 9.17) is 0 Å². The number of nitrogens with zero attached hydrogens (tertiary/aromatic N) is 1. The van der Waals surface area contributed by atoms with E-state index in [1.165, 1.54) is 32.3 Å². The number of fused-ring (bicyclic) bond motifs is 5. The Hall–Kier alpha value is -3.84. The summed E-state index contributed by atoms with van der Waals surface area (Å²) in [5, 5.41) is 7.38. The van der Waals surface area contributed by atoms with Gasteiger partial charge in [-0.3, -0.25) is 0 Å². The van der Waals surface area contributed by atoms with Gasteiger partial charge < -0.3 is 4.57 Å². The topological polar surface area (TPSA) is 4.93 Å². The zero-order chi connectivity index (χ0) is 20.0. The predicted octanol–water partition coefficient (Wildman–Crippen LogP) is 7.87. The van der Waals surface area contributed by atoms with Gasteiger partial charge in [-0.25, -0.2) is 0 Å². The van der Waals surface area contributed by atoms with Crippen molar-refractivity contribution >= 4 is 49.0 Å². The number of hydrogen-bond donors (Lipinski definition) is 0. The van der Waals surface area contributed by atoms with Crippen molar-refractivity contribution in [3.8, 4) is 0 Å². The average Bonchev–Trinajstić information content (AvgIpc) is 3.06. The Balaban J connectivity index is 2.04. The second kappa shape index (κ2) is 6.65. The molecule has 0 atom stereocenters. The molecular formula is C28H21N. The molecule has 0 N–H and O–H groups in total. The zero-order valence-corrected chi connectivity index (χ0v) is 16.2. The lowest BCUT2D eigenvalue weighted by Crippen LogP contribution is -1.98. The fraction of sp³-hybridized carbons (Fsp3) is 0. The van der Waals surface area contributed by atoms with Gasteiger partial charge in [0.25, 0.3) is 0 Å². The van der Waals surface area contributed by atoms with Gasteiger partial charge in [0.05, 0.1) is 16.7 Å². The predicted molar refractivity (Wildman–Crippen MR) is 128 cm³/mol. The van der Waals surface area contributed by atoms with E-state index in [0.29, 0.717) is 0 Å². The highest BCUT2D eigenvalue weighted by Crippen LogP contribution is 2.38. The van der Waals surface area contributed by atoms with Crippen LogP contribution in [0.4, 0.5) is 0 Å². The van der Waals surface area contributed by atoms with Gasteiger partial charge >= 0.3 is 0 Å². The molecule has 0 saturated carbocycles. The summed E-state index contributed by atoms with van der Waals surface area (Å²) in [5.74, 6) is 0. The van der Waals surface area contributed by atoms with Crippen LogP contribution in [0.2, 0.25) is 0 Å². The third kappa shape index (κ3) is 2.63. The monoisotopic (exact) mass is 371 g/mol. The highest BCUT2D eigenvalue weighted by atomic mass is 15.0. The van der Waals surface area contributed by atoms with Crippen molar-refractivity contribution in [2.75, 3.05) is 0 Å². The molecule has 1 aromatic heterocycles. The van der Waals surface area contributed by atoms with Crippen molar-refractivity contribution in [2.24, 2.45) is 0 Å². The Labute approximate surface area is 170 Å². The standard InChI is InChI=1S/C28H21N/c1-4-10-26(19(3)5-2)29-27-17-22-13-8-6-11-20(22)15-24(27)25-16-21-12-7-9-14-23(21)18-28(25)29/h4-18H,1-3H2/b26-10+. The van der Waals surface area contributed by atoms with Gasteiger partial charge in [-0.1, -0.05) is 80.4 Å². The highest BCUT2D eigenvalue weighted by molar-refractivity contribution is 6.17. The Morgan fingerprint density at radius 3 is 1.55 bits per heavy atom. The van der Waals surface area contributed by atoms with Crippen LogP contribution in [0.3, 0.4) is 0 Å². The van der Waals surface area contributed by atoms with Crippen LogP contribution in [-0.4, -0.2) is 4.57 Å². The molecule has 1 heterocycles. The van der Waals surface area contributed by atoms with Gasteiger partial charge in [0.1, 0.15) is 0 Å². The van der Waals surface area contributed by atoms with E-state index in [9.17, 15) is 0 Å². The molecule has 5 aromatic rings. The van der Waals surface area contributed by atoms with E-state index in [-0.39, 0.29) is 0 Å². The van der Waals surface area contributed by atoms with Gasteiger partial charge in [0.15, 0.2) is 0 Å². The fourth-order valence-electron chi connectivity index (χ4n) is 4.19. The maximum Gasteiger partial charge on any atom is 0.0547 e. The van der Waals surface area contributed by atoms with Crippen LogP contribution in [0.15, 0.2) is 116 Å². The molecule has 0 fully saturated rings. The van der Waals surface area contributed by atoms with Crippen LogP contribution in [-0.2, 0) is 0 Å². The van der Waals surface area contributed by atoms with Crippen molar-refractivity contribution in [3.63, 3.8) is 0 Å². The van der Waals surface area contributed by atoms with Crippen molar-refractivity contribution in [3.05, 3.63) is 116 Å². The Bertz CT molecular complexity index is 1400. The van der Waals surface area contributed by atoms with Gasteiger partial charge in [0, 0.05) is 10.8 Å². The molecule has 0 radical (unpaired) electrons. The van der Waals surface area contributed by atoms with Gasteiger partial charge in [-0.15, -0.1) is 0 Å². The van der Waals surface area contributed by atoms with Crippen LogP contribution in [0.1, 0.15) is 0 Å². The summed E-state index contributed by atoms with van der Waals surface area (Å²) in [6, 6.07) is 26.1. The zero-order valence-electron chi connectivity index (χ0n) is 16.2. The first-order valence-electron chi connectivity index (χ1n) is 9.72. The van der Waals surface area contributed by atoms with Crippen LogP contribution in [0.5, 0.6) is 0 Å². The average molecular weight is 371 g/mol. The normalized spacial score (nSPS) is 12.1. The van der Waals surface area contributed by atoms with Crippen molar-refractivity contribution in [2.45, 2.75) is 0 Å². The maximum atomic E-state index is 4.23. The summed E-state index contributed by atoms with van der Waals surface area (Å²) < 4.78 is 2.29. The van der Waals surface area contributed by atoms with Gasteiger partial charge in [-0.2, -0.15) is 0 Å². The highest BCUT2D eigenvalue weighted by Gasteiger charge is 2.16. The molecule has 29 heavy (non-hydrogen) atoms. The van der Waals surface area contributed by atoms with E-state index in [1.54, 1.807) is 6.08 Å². The largest absolute Gasteiger partial charge is 0.309 e. The first-order chi connectivity index (χ1) is 14.2. The fourth-order valence-corrected chi connectivity index (χ4v) is 4.19. The number of aromatic nitrogens is 1. The molecule has 5 rings (SSSR count). The molecule has 0 saturated heterocycles. The van der Waals surface area contributed by atoms with Crippen molar-refractivity contribution < 1.29 is 0 Å². The lowest BCUT2D eigenvalue weighted by Gasteiger charge is -2.13. The molecular weight excluding hydrogens is 350 g/mol. The molecule has 0 aliphatic carbocycles. The molecule has 1 nitrogen and oxygen atoms in total. The smallest absolute Gasteiger partial charge is 0.0547 e. The molecule has 0 spiro atoms. The lowest BCUT2D eigenvalue weighted by atomic mass is 10.0. The van der Waals surface area contributed by atoms with E-state index in [0.717, 1.165) is 22.3 Å². The summed E-state index contributed by atoms with van der Waals surface area (Å²) >= 11 is 0. The summed E-state index contributed by atoms with van der Waals surface area (Å²) in [7, 11) is 0. The van der Waals surface area contributed by atoms with Crippen molar-refractivity contribution in [1.82, 2.24) is 4.57 Å². The number of allylic oxidation sites excluding steroid dienone is 5. The first kappa shape index (κ1) is 17.3. The van der Waals surface area contributed by atoms with E-state index >= 15 is 0 Å². The molecule has 0 aliphatic rings.